The monoisotopic (exact) mass is 259 g/mol. The van der Waals surface area contributed by atoms with Gasteiger partial charge in [0.05, 0.1) is 27.3 Å². The number of nitrogens with one attached hydrogen (secondary N) is 1. The van der Waals surface area contributed by atoms with E-state index >= 15 is 0 Å². The lowest BCUT2D eigenvalue weighted by atomic mass is 10.1. The first-order valence-electron chi connectivity index (χ1n) is 5.32. The molecule has 5 heteroatoms. The standard InChI is InChI=1S/C12H18ClNO3/c1-15-10-7-12(17-3)11(16-2)6-9(10)4-5-14-8-13/h6-7,14H,4-5,8H2,1-3H3. The van der Waals surface area contributed by atoms with E-state index in [1.807, 2.05) is 12.1 Å². The van der Waals surface area contributed by atoms with Crippen molar-refractivity contribution >= 4 is 11.6 Å². The second kappa shape index (κ2) is 7.25. The Morgan fingerprint density at radius 2 is 1.59 bits per heavy atom. The van der Waals surface area contributed by atoms with E-state index in [0.717, 1.165) is 24.3 Å². The molecule has 0 unspecified atom stereocenters. The summed E-state index contributed by atoms with van der Waals surface area (Å²) >= 11 is 5.56. The fourth-order valence-corrected chi connectivity index (χ4v) is 1.71. The van der Waals surface area contributed by atoms with Crippen LogP contribution < -0.4 is 19.5 Å². The Balaban J connectivity index is 2.93. The molecule has 0 saturated heterocycles. The molecule has 0 aliphatic heterocycles. The Bertz CT molecular complexity index is 358. The van der Waals surface area contributed by atoms with E-state index < -0.39 is 0 Å². The summed E-state index contributed by atoms with van der Waals surface area (Å²) in [7, 11) is 4.86. The molecule has 1 N–H and O–H groups in total. The first-order chi connectivity index (χ1) is 8.26. The topological polar surface area (TPSA) is 39.7 Å². The van der Waals surface area contributed by atoms with E-state index in [0.29, 0.717) is 17.5 Å². The van der Waals surface area contributed by atoms with Gasteiger partial charge in [0, 0.05) is 12.6 Å². The highest BCUT2D eigenvalue weighted by Crippen LogP contribution is 2.34. The number of alkyl halides is 1. The van der Waals surface area contributed by atoms with E-state index in [-0.39, 0.29) is 0 Å². The molecule has 0 saturated carbocycles. The highest BCUT2D eigenvalue weighted by atomic mass is 35.5. The van der Waals surface area contributed by atoms with Gasteiger partial charge >= 0.3 is 0 Å². The molecule has 0 aliphatic rings. The number of halogens is 1. The third kappa shape index (κ3) is 3.68. The Labute approximate surface area is 107 Å². The SMILES string of the molecule is COc1cc(OC)c(OC)cc1CCNCCl. The Kier molecular flexibility index (Phi) is 5.94. The second-order valence-corrected chi connectivity index (χ2v) is 3.67. The summed E-state index contributed by atoms with van der Waals surface area (Å²) in [5.74, 6) is 2.16. The first kappa shape index (κ1) is 13.9. The summed E-state index contributed by atoms with van der Waals surface area (Å²) in [5.41, 5.74) is 1.06. The van der Waals surface area contributed by atoms with Gasteiger partial charge in [0.25, 0.3) is 0 Å². The summed E-state index contributed by atoms with van der Waals surface area (Å²) in [6.07, 6.45) is 0.816. The summed E-state index contributed by atoms with van der Waals surface area (Å²) < 4.78 is 15.8. The van der Waals surface area contributed by atoms with Crippen molar-refractivity contribution in [3.05, 3.63) is 17.7 Å². The minimum Gasteiger partial charge on any atom is -0.496 e. The molecular weight excluding hydrogens is 242 g/mol. The number of methoxy groups -OCH3 is 3. The molecule has 0 fully saturated rings. The van der Waals surface area contributed by atoms with Gasteiger partial charge in [0.15, 0.2) is 11.5 Å². The van der Waals surface area contributed by atoms with Crippen molar-refractivity contribution in [1.29, 1.82) is 0 Å². The van der Waals surface area contributed by atoms with Crippen LogP contribution in [0, 0.1) is 0 Å². The largest absolute Gasteiger partial charge is 0.496 e. The van der Waals surface area contributed by atoms with Gasteiger partial charge in [-0.05, 0) is 18.1 Å². The number of benzene rings is 1. The van der Waals surface area contributed by atoms with Crippen LogP contribution in [0.3, 0.4) is 0 Å². The molecule has 1 aromatic rings. The van der Waals surface area contributed by atoms with Crippen LogP contribution in [-0.4, -0.2) is 33.9 Å². The summed E-state index contributed by atoms with van der Waals surface area (Å²) in [6.45, 7) is 0.787. The maximum absolute atomic E-state index is 5.56. The quantitative estimate of drug-likeness (QED) is 0.462. The maximum atomic E-state index is 5.56. The van der Waals surface area contributed by atoms with Crippen LogP contribution in [0.4, 0.5) is 0 Å². The van der Waals surface area contributed by atoms with Gasteiger partial charge in [-0.2, -0.15) is 0 Å². The molecule has 0 atom stereocenters. The van der Waals surface area contributed by atoms with E-state index in [1.54, 1.807) is 21.3 Å². The van der Waals surface area contributed by atoms with E-state index in [4.69, 9.17) is 25.8 Å². The van der Waals surface area contributed by atoms with Crippen molar-refractivity contribution in [3.63, 3.8) is 0 Å². The molecule has 0 radical (unpaired) electrons. The lowest BCUT2D eigenvalue weighted by Gasteiger charge is -2.14. The minimum atomic E-state index is 0.440. The Morgan fingerprint density at radius 1 is 1.00 bits per heavy atom. The van der Waals surface area contributed by atoms with Crippen molar-refractivity contribution in [2.24, 2.45) is 0 Å². The molecule has 0 heterocycles. The predicted octanol–water partition coefficient (Wildman–Crippen LogP) is 2.04. The molecule has 1 rings (SSSR count). The first-order valence-corrected chi connectivity index (χ1v) is 5.85. The third-order valence-electron chi connectivity index (χ3n) is 2.45. The highest BCUT2D eigenvalue weighted by molar-refractivity contribution is 6.17. The average Bonchev–Trinajstić information content (AvgIpc) is 2.38. The van der Waals surface area contributed by atoms with Crippen molar-refractivity contribution in [2.75, 3.05) is 33.9 Å². The normalized spacial score (nSPS) is 10.1. The zero-order valence-electron chi connectivity index (χ0n) is 10.4. The van der Waals surface area contributed by atoms with Crippen molar-refractivity contribution in [3.8, 4) is 17.2 Å². The molecule has 0 aliphatic carbocycles. The molecule has 0 amide bonds. The van der Waals surface area contributed by atoms with Gasteiger partial charge in [-0.1, -0.05) is 0 Å². The molecule has 1 aromatic carbocycles. The predicted molar refractivity (Wildman–Crippen MR) is 68.5 cm³/mol. The maximum Gasteiger partial charge on any atom is 0.164 e. The number of hydrogen-bond donors (Lipinski definition) is 1. The lowest BCUT2D eigenvalue weighted by Crippen LogP contribution is -2.15. The number of rotatable bonds is 7. The van der Waals surface area contributed by atoms with E-state index in [9.17, 15) is 0 Å². The smallest absolute Gasteiger partial charge is 0.164 e. The van der Waals surface area contributed by atoms with Gasteiger partial charge in [-0.3, -0.25) is 0 Å². The van der Waals surface area contributed by atoms with Crippen LogP contribution in [0.1, 0.15) is 5.56 Å². The summed E-state index contributed by atoms with van der Waals surface area (Å²) in [6, 6.07) is 4.19. The molecule has 96 valence electrons. The van der Waals surface area contributed by atoms with Gasteiger partial charge in [-0.25, -0.2) is 0 Å². The Hall–Kier alpha value is -1.13. The van der Waals surface area contributed by atoms with Gasteiger partial charge in [0.2, 0.25) is 0 Å². The van der Waals surface area contributed by atoms with Crippen LogP contribution in [0.15, 0.2) is 12.1 Å². The van der Waals surface area contributed by atoms with Crippen molar-refractivity contribution in [2.45, 2.75) is 6.42 Å². The van der Waals surface area contributed by atoms with Crippen LogP contribution >= 0.6 is 11.6 Å². The number of ether oxygens (including phenoxy) is 3. The zero-order valence-corrected chi connectivity index (χ0v) is 11.1. The Morgan fingerprint density at radius 3 is 2.12 bits per heavy atom. The molecule has 0 aromatic heterocycles. The van der Waals surface area contributed by atoms with Crippen LogP contribution in [-0.2, 0) is 6.42 Å². The van der Waals surface area contributed by atoms with Crippen LogP contribution in [0.5, 0.6) is 17.2 Å². The fourth-order valence-electron chi connectivity index (χ4n) is 1.58. The number of hydrogen-bond acceptors (Lipinski definition) is 4. The summed E-state index contributed by atoms with van der Waals surface area (Å²) in [4.78, 5) is 0. The van der Waals surface area contributed by atoms with Crippen LogP contribution in [0.2, 0.25) is 0 Å². The molecular formula is C12H18ClNO3. The van der Waals surface area contributed by atoms with E-state index in [1.165, 1.54) is 0 Å². The average molecular weight is 260 g/mol. The zero-order chi connectivity index (χ0) is 12.7. The lowest BCUT2D eigenvalue weighted by molar-refractivity contribution is 0.347. The molecule has 0 bridgehead atoms. The molecule has 17 heavy (non-hydrogen) atoms. The van der Waals surface area contributed by atoms with Crippen molar-refractivity contribution in [1.82, 2.24) is 5.32 Å². The molecule has 4 nitrogen and oxygen atoms in total. The molecule has 0 spiro atoms. The fraction of sp³-hybridized carbons (Fsp3) is 0.500. The van der Waals surface area contributed by atoms with Crippen LogP contribution in [0.25, 0.3) is 0 Å². The van der Waals surface area contributed by atoms with Crippen molar-refractivity contribution < 1.29 is 14.2 Å². The minimum absolute atomic E-state index is 0.440. The highest BCUT2D eigenvalue weighted by Gasteiger charge is 2.11. The van der Waals surface area contributed by atoms with Gasteiger partial charge in [0.1, 0.15) is 5.75 Å². The van der Waals surface area contributed by atoms with Gasteiger partial charge in [-0.15, -0.1) is 11.6 Å². The van der Waals surface area contributed by atoms with Gasteiger partial charge < -0.3 is 19.5 Å². The summed E-state index contributed by atoms with van der Waals surface area (Å²) in [5, 5.41) is 3.05. The second-order valence-electron chi connectivity index (χ2n) is 3.40. The van der Waals surface area contributed by atoms with E-state index in [2.05, 4.69) is 5.32 Å². The third-order valence-corrected chi connectivity index (χ3v) is 2.64.